The Hall–Kier alpha value is -1.19. The predicted molar refractivity (Wildman–Crippen MR) is 109 cm³/mol. The van der Waals surface area contributed by atoms with Gasteiger partial charge in [-0.05, 0) is 32.1 Å². The maximum Gasteiger partial charge on any atom is 0.234 e. The Labute approximate surface area is 160 Å². The molecule has 0 aromatic rings. The fourth-order valence-electron chi connectivity index (χ4n) is 3.97. The lowest BCUT2D eigenvalue weighted by Crippen LogP contribution is -2.36. The zero-order valence-electron chi connectivity index (χ0n) is 17.4. The van der Waals surface area contributed by atoms with E-state index in [0.29, 0.717) is 37.4 Å². The Morgan fingerprint density at radius 2 is 1.46 bits per heavy atom. The Balaban J connectivity index is 2.47. The lowest BCUT2D eigenvalue weighted by atomic mass is 9.77. The largest absolute Gasteiger partial charge is 0.300 e. The summed E-state index contributed by atoms with van der Waals surface area (Å²) in [5.74, 6) is 1.02. The number of nitrogens with one attached hydrogen (secondary N) is 1. The first-order chi connectivity index (χ1) is 12.5. The smallest absolute Gasteiger partial charge is 0.234 e. The quantitative estimate of drug-likeness (QED) is 0.369. The van der Waals surface area contributed by atoms with Crippen LogP contribution in [0.5, 0.6) is 0 Å². The van der Waals surface area contributed by atoms with Gasteiger partial charge in [0.25, 0.3) is 0 Å². The zero-order chi connectivity index (χ0) is 19.4. The molecule has 0 aliphatic carbocycles. The number of nitrogens with zero attached hydrogens (tertiary/aromatic N) is 1. The van der Waals surface area contributed by atoms with E-state index in [4.69, 9.17) is 5.41 Å². The van der Waals surface area contributed by atoms with Crippen molar-refractivity contribution < 1.29 is 9.59 Å². The van der Waals surface area contributed by atoms with Gasteiger partial charge in [-0.2, -0.15) is 0 Å². The van der Waals surface area contributed by atoms with Crippen LogP contribution in [0.25, 0.3) is 0 Å². The highest BCUT2D eigenvalue weighted by molar-refractivity contribution is 6.07. The van der Waals surface area contributed by atoms with E-state index in [1.165, 1.54) is 0 Å². The molecule has 0 saturated carbocycles. The van der Waals surface area contributed by atoms with Crippen molar-refractivity contribution in [3.63, 3.8) is 0 Å². The molecule has 1 N–H and O–H groups in total. The van der Waals surface area contributed by atoms with Gasteiger partial charge in [-0.1, -0.05) is 59.3 Å². The number of likely N-dealkylation sites (tertiary alicyclic amines) is 1. The second kappa shape index (κ2) is 12.2. The van der Waals surface area contributed by atoms with Gasteiger partial charge < -0.3 is 4.90 Å². The minimum absolute atomic E-state index is 0.179. The van der Waals surface area contributed by atoms with E-state index < -0.39 is 0 Å². The molecule has 0 unspecified atom stereocenters. The third-order valence-electron chi connectivity index (χ3n) is 5.69. The molecule has 1 aliphatic rings. The summed E-state index contributed by atoms with van der Waals surface area (Å²) < 4.78 is 0. The van der Waals surface area contributed by atoms with E-state index in [1.807, 2.05) is 0 Å². The van der Waals surface area contributed by atoms with Crippen molar-refractivity contribution in [3.05, 3.63) is 0 Å². The molecule has 0 bridgehead atoms. The molecule has 1 saturated heterocycles. The van der Waals surface area contributed by atoms with Crippen LogP contribution in [0, 0.1) is 10.8 Å². The number of Topliss-reactive ketones (excluding diaryl/α,β-unsaturated/α-hetero) is 1. The SMILES string of the molecule is CCCCCC(=O)CCCCN1C(=N)CC(CCCC)(CCCC)C1=O. The molecular formula is C22H40N2O2. The monoisotopic (exact) mass is 364 g/mol. The van der Waals surface area contributed by atoms with Gasteiger partial charge in [0.05, 0.1) is 5.41 Å². The molecule has 1 fully saturated rings. The highest BCUT2D eigenvalue weighted by Crippen LogP contribution is 2.42. The average Bonchev–Trinajstić information content (AvgIpc) is 2.86. The van der Waals surface area contributed by atoms with E-state index >= 15 is 0 Å². The molecule has 0 aromatic heterocycles. The number of carbonyl (C=O) groups is 2. The first kappa shape index (κ1) is 22.9. The van der Waals surface area contributed by atoms with Crippen molar-refractivity contribution in [2.75, 3.05) is 6.54 Å². The van der Waals surface area contributed by atoms with Crippen molar-refractivity contribution in [1.82, 2.24) is 4.90 Å². The number of rotatable bonds is 15. The molecule has 26 heavy (non-hydrogen) atoms. The first-order valence-electron chi connectivity index (χ1n) is 10.9. The van der Waals surface area contributed by atoms with Gasteiger partial charge in [-0.15, -0.1) is 0 Å². The van der Waals surface area contributed by atoms with Crippen LogP contribution in [0.2, 0.25) is 0 Å². The highest BCUT2D eigenvalue weighted by atomic mass is 16.2. The predicted octanol–water partition coefficient (Wildman–Crippen LogP) is 5.88. The summed E-state index contributed by atoms with van der Waals surface area (Å²) in [5, 5.41) is 8.33. The van der Waals surface area contributed by atoms with Gasteiger partial charge in [0.2, 0.25) is 5.91 Å². The van der Waals surface area contributed by atoms with E-state index in [-0.39, 0.29) is 11.3 Å². The minimum Gasteiger partial charge on any atom is -0.300 e. The molecular weight excluding hydrogens is 324 g/mol. The Kier molecular flexibility index (Phi) is 10.8. The maximum atomic E-state index is 13.1. The molecule has 1 heterocycles. The van der Waals surface area contributed by atoms with Crippen LogP contribution in [0.3, 0.4) is 0 Å². The molecule has 1 aliphatic heterocycles. The summed E-state index contributed by atoms with van der Waals surface area (Å²) in [7, 11) is 0. The van der Waals surface area contributed by atoms with E-state index in [1.54, 1.807) is 4.90 Å². The second-order valence-electron chi connectivity index (χ2n) is 8.02. The van der Waals surface area contributed by atoms with Gasteiger partial charge in [-0.3, -0.25) is 15.0 Å². The lowest BCUT2D eigenvalue weighted by Gasteiger charge is -2.27. The summed E-state index contributed by atoms with van der Waals surface area (Å²) >= 11 is 0. The van der Waals surface area contributed by atoms with Gasteiger partial charge in [-0.25, -0.2) is 0 Å². The third-order valence-corrected chi connectivity index (χ3v) is 5.69. The summed E-state index contributed by atoms with van der Waals surface area (Å²) in [6.07, 6.45) is 13.0. The molecule has 0 radical (unpaired) electrons. The Bertz CT molecular complexity index is 451. The van der Waals surface area contributed by atoms with Crippen LogP contribution in [-0.2, 0) is 9.59 Å². The van der Waals surface area contributed by atoms with Crippen LogP contribution < -0.4 is 0 Å². The van der Waals surface area contributed by atoms with Crippen molar-refractivity contribution in [1.29, 1.82) is 5.41 Å². The van der Waals surface area contributed by atoms with Crippen LogP contribution in [0.1, 0.15) is 111 Å². The van der Waals surface area contributed by atoms with Crippen LogP contribution >= 0.6 is 0 Å². The Morgan fingerprint density at radius 1 is 0.923 bits per heavy atom. The molecule has 0 aromatic carbocycles. The number of amides is 1. The summed E-state index contributed by atoms with van der Waals surface area (Å²) in [6.45, 7) is 7.08. The molecule has 4 nitrogen and oxygen atoms in total. The summed E-state index contributed by atoms with van der Waals surface area (Å²) in [5.41, 5.74) is -0.320. The van der Waals surface area contributed by atoms with E-state index in [0.717, 1.165) is 70.6 Å². The van der Waals surface area contributed by atoms with Gasteiger partial charge in [0.15, 0.2) is 0 Å². The number of amidine groups is 1. The van der Waals surface area contributed by atoms with Crippen LogP contribution in [0.4, 0.5) is 0 Å². The molecule has 0 spiro atoms. The fourth-order valence-corrected chi connectivity index (χ4v) is 3.97. The molecule has 0 atom stereocenters. The number of hydrogen-bond acceptors (Lipinski definition) is 3. The molecule has 1 rings (SSSR count). The topological polar surface area (TPSA) is 61.2 Å². The molecule has 4 heteroatoms. The summed E-state index contributed by atoms with van der Waals surface area (Å²) in [4.78, 5) is 26.6. The number of unbranched alkanes of at least 4 members (excludes halogenated alkanes) is 5. The van der Waals surface area contributed by atoms with Gasteiger partial charge in [0, 0.05) is 25.8 Å². The Morgan fingerprint density at radius 3 is 2.00 bits per heavy atom. The molecule has 150 valence electrons. The van der Waals surface area contributed by atoms with E-state index in [9.17, 15) is 9.59 Å². The van der Waals surface area contributed by atoms with Gasteiger partial charge in [0.1, 0.15) is 11.6 Å². The van der Waals surface area contributed by atoms with Crippen molar-refractivity contribution in [2.24, 2.45) is 5.41 Å². The molecule has 1 amide bonds. The zero-order valence-corrected chi connectivity index (χ0v) is 17.4. The van der Waals surface area contributed by atoms with Crippen molar-refractivity contribution >= 4 is 17.5 Å². The second-order valence-corrected chi connectivity index (χ2v) is 8.02. The lowest BCUT2D eigenvalue weighted by molar-refractivity contribution is -0.135. The van der Waals surface area contributed by atoms with Crippen molar-refractivity contribution in [2.45, 2.75) is 111 Å². The third kappa shape index (κ3) is 6.85. The minimum atomic E-state index is -0.320. The number of ketones is 1. The van der Waals surface area contributed by atoms with Crippen LogP contribution in [0.15, 0.2) is 0 Å². The first-order valence-corrected chi connectivity index (χ1v) is 10.9. The van der Waals surface area contributed by atoms with Gasteiger partial charge >= 0.3 is 0 Å². The standard InChI is InChI=1S/C22H40N2O2/c1-4-7-10-13-19(25)14-11-12-17-24-20(23)18-22(21(24)26,15-8-5-2)16-9-6-3/h23H,4-18H2,1-3H3. The normalized spacial score (nSPS) is 16.5. The maximum absolute atomic E-state index is 13.1. The van der Waals surface area contributed by atoms with Crippen LogP contribution in [-0.4, -0.2) is 29.0 Å². The van der Waals surface area contributed by atoms with Crippen molar-refractivity contribution in [3.8, 4) is 0 Å². The fraction of sp³-hybridized carbons (Fsp3) is 0.864. The highest BCUT2D eigenvalue weighted by Gasteiger charge is 2.48. The summed E-state index contributed by atoms with van der Waals surface area (Å²) in [6, 6.07) is 0. The average molecular weight is 365 g/mol. The number of carbonyl (C=O) groups excluding carboxylic acids is 2. The van der Waals surface area contributed by atoms with E-state index in [2.05, 4.69) is 20.8 Å². The number of hydrogen-bond donors (Lipinski definition) is 1.